The highest BCUT2D eigenvalue weighted by atomic mass is 32.2. The first-order valence-corrected chi connectivity index (χ1v) is 12.1. The van der Waals surface area contributed by atoms with Crippen LogP contribution in [0, 0.1) is 18.6 Å². The van der Waals surface area contributed by atoms with Crippen LogP contribution in [-0.2, 0) is 10.5 Å². The third kappa shape index (κ3) is 5.31. The van der Waals surface area contributed by atoms with Crippen molar-refractivity contribution >= 4 is 62.2 Å². The van der Waals surface area contributed by atoms with E-state index in [1.807, 2.05) is 13.0 Å². The molecular weight excluding hydrogens is 478 g/mol. The molecule has 0 spiro atoms. The smallest absolute Gasteiger partial charge is 0.262 e. The molecule has 0 bridgehead atoms. The topological polar surface area (TPSA) is 97.1 Å². The van der Waals surface area contributed by atoms with Gasteiger partial charge in [-0.05, 0) is 25.1 Å². The van der Waals surface area contributed by atoms with E-state index in [0.29, 0.717) is 26.0 Å². The van der Waals surface area contributed by atoms with Crippen molar-refractivity contribution in [1.82, 2.24) is 15.5 Å². The van der Waals surface area contributed by atoms with E-state index in [-0.39, 0.29) is 17.2 Å². The molecule has 1 atom stereocenters. The summed E-state index contributed by atoms with van der Waals surface area (Å²) in [5.74, 6) is -1.55. The van der Waals surface area contributed by atoms with E-state index in [4.69, 9.17) is 4.52 Å². The third-order valence-corrected chi connectivity index (χ3v) is 7.48. The van der Waals surface area contributed by atoms with Crippen LogP contribution in [0.25, 0.3) is 10.2 Å². The second-order valence-corrected chi connectivity index (χ2v) is 10.1. The number of anilines is 1. The lowest BCUT2D eigenvalue weighted by molar-refractivity contribution is -0.117. The van der Waals surface area contributed by atoms with Crippen molar-refractivity contribution < 1.29 is 22.9 Å². The molecule has 0 fully saturated rings. The molecule has 32 heavy (non-hydrogen) atoms. The normalized spacial score (nSPS) is 12.1. The van der Waals surface area contributed by atoms with Crippen molar-refractivity contribution in [3.8, 4) is 0 Å². The summed E-state index contributed by atoms with van der Waals surface area (Å²) in [6.45, 7) is 1.89. The number of nitrogens with one attached hydrogen (secondary N) is 2. The molecule has 0 radical (unpaired) electrons. The number of nitrogens with zero attached hydrogens (tertiary/aromatic N) is 2. The van der Waals surface area contributed by atoms with Gasteiger partial charge in [0.2, 0.25) is 5.91 Å². The van der Waals surface area contributed by atoms with Crippen molar-refractivity contribution in [3.63, 3.8) is 0 Å². The maximum Gasteiger partial charge on any atom is 0.262 e. The van der Waals surface area contributed by atoms with Crippen LogP contribution >= 0.6 is 34.4 Å². The van der Waals surface area contributed by atoms with Crippen LogP contribution in [-0.4, -0.2) is 33.7 Å². The number of thiazole rings is 1. The Labute approximate surface area is 193 Å². The number of benzene rings is 1. The second-order valence-electron chi connectivity index (χ2n) is 6.70. The monoisotopic (exact) mass is 494 g/mol. The molecule has 0 saturated carbocycles. The standard InChI is InChI=1S/C20H16F2N4O3S3/c1-10-2-3-15(31-10)20(28)25-14(19(27)24-12-6-23-29-7-12)8-30-9-17-26-18-13(22)4-11(21)5-16(18)32-17/h2-7,14H,8-9H2,1H3,(H,24,27)(H,25,28). The number of rotatable bonds is 8. The summed E-state index contributed by atoms with van der Waals surface area (Å²) in [5.41, 5.74) is 0.491. The van der Waals surface area contributed by atoms with Gasteiger partial charge in [-0.2, -0.15) is 11.8 Å². The van der Waals surface area contributed by atoms with E-state index < -0.39 is 23.6 Å². The molecule has 2 amide bonds. The molecule has 2 N–H and O–H groups in total. The molecule has 3 aromatic heterocycles. The van der Waals surface area contributed by atoms with Crippen LogP contribution in [0.5, 0.6) is 0 Å². The van der Waals surface area contributed by atoms with Crippen molar-refractivity contribution in [2.45, 2.75) is 18.7 Å². The van der Waals surface area contributed by atoms with Gasteiger partial charge in [-0.25, -0.2) is 13.8 Å². The van der Waals surface area contributed by atoms with Gasteiger partial charge in [0, 0.05) is 22.4 Å². The van der Waals surface area contributed by atoms with Crippen LogP contribution in [0.4, 0.5) is 14.5 Å². The van der Waals surface area contributed by atoms with Crippen molar-refractivity contribution in [2.75, 3.05) is 11.1 Å². The minimum atomic E-state index is -0.853. The fraction of sp³-hybridized carbons (Fsp3) is 0.200. The van der Waals surface area contributed by atoms with E-state index >= 15 is 0 Å². The number of fused-ring (bicyclic) bond motifs is 1. The summed E-state index contributed by atoms with van der Waals surface area (Å²) >= 11 is 3.86. The van der Waals surface area contributed by atoms with E-state index in [0.717, 1.165) is 10.9 Å². The molecule has 0 saturated heterocycles. The van der Waals surface area contributed by atoms with E-state index in [9.17, 15) is 18.4 Å². The molecule has 0 aliphatic rings. The summed E-state index contributed by atoms with van der Waals surface area (Å²) in [6, 6.07) is 4.71. The van der Waals surface area contributed by atoms with Gasteiger partial charge >= 0.3 is 0 Å². The Balaban J connectivity index is 1.43. The minimum Gasteiger partial charge on any atom is -0.363 e. The highest BCUT2D eigenvalue weighted by Crippen LogP contribution is 2.28. The van der Waals surface area contributed by atoms with Crippen LogP contribution in [0.15, 0.2) is 41.2 Å². The Bertz CT molecular complexity index is 1260. The molecule has 0 aliphatic heterocycles. The fourth-order valence-electron chi connectivity index (χ4n) is 2.79. The fourth-order valence-corrected chi connectivity index (χ4v) is 5.68. The Morgan fingerprint density at radius 2 is 2.09 bits per heavy atom. The number of aromatic nitrogens is 2. The average molecular weight is 495 g/mol. The van der Waals surface area contributed by atoms with Gasteiger partial charge in [-0.15, -0.1) is 22.7 Å². The van der Waals surface area contributed by atoms with Gasteiger partial charge in [0.1, 0.15) is 34.3 Å². The molecule has 0 aliphatic carbocycles. The van der Waals surface area contributed by atoms with Gasteiger partial charge in [0.05, 0.1) is 15.8 Å². The first kappa shape index (κ1) is 22.4. The highest BCUT2D eigenvalue weighted by Gasteiger charge is 2.23. The predicted molar refractivity (Wildman–Crippen MR) is 121 cm³/mol. The molecule has 4 aromatic rings. The second kappa shape index (κ2) is 9.76. The number of thiophene rings is 1. The zero-order valence-electron chi connectivity index (χ0n) is 16.6. The first-order chi connectivity index (χ1) is 15.4. The molecule has 12 heteroatoms. The van der Waals surface area contributed by atoms with Gasteiger partial charge < -0.3 is 15.2 Å². The van der Waals surface area contributed by atoms with E-state index in [1.165, 1.54) is 53.0 Å². The summed E-state index contributed by atoms with van der Waals surface area (Å²) in [6.07, 6.45) is 2.63. The Kier molecular flexibility index (Phi) is 6.82. The number of halogens is 2. The highest BCUT2D eigenvalue weighted by molar-refractivity contribution is 7.98. The van der Waals surface area contributed by atoms with Gasteiger partial charge in [-0.3, -0.25) is 9.59 Å². The lowest BCUT2D eigenvalue weighted by Gasteiger charge is -2.17. The van der Waals surface area contributed by atoms with Gasteiger partial charge in [-0.1, -0.05) is 5.16 Å². The minimum absolute atomic E-state index is 0.120. The summed E-state index contributed by atoms with van der Waals surface area (Å²) < 4.78 is 32.4. The maximum atomic E-state index is 13.9. The molecule has 1 aromatic carbocycles. The zero-order chi connectivity index (χ0) is 22.7. The van der Waals surface area contributed by atoms with Crippen LogP contribution in [0.3, 0.4) is 0 Å². The molecule has 1 unspecified atom stereocenters. The van der Waals surface area contributed by atoms with Crippen molar-refractivity contribution in [1.29, 1.82) is 0 Å². The molecule has 3 heterocycles. The number of thioether (sulfide) groups is 1. The number of carbonyl (C=O) groups is 2. The largest absolute Gasteiger partial charge is 0.363 e. The third-order valence-electron chi connectivity index (χ3n) is 4.25. The quantitative estimate of drug-likeness (QED) is 0.372. The molecule has 4 rings (SSSR count). The van der Waals surface area contributed by atoms with Gasteiger partial charge in [0.15, 0.2) is 5.82 Å². The Hall–Kier alpha value is -2.83. The summed E-state index contributed by atoms with van der Waals surface area (Å²) in [7, 11) is 0. The van der Waals surface area contributed by atoms with Crippen LogP contribution < -0.4 is 10.6 Å². The number of carbonyl (C=O) groups excluding carboxylic acids is 2. The predicted octanol–water partition coefficient (Wildman–Crippen LogP) is 4.60. The van der Waals surface area contributed by atoms with Crippen LogP contribution in [0.2, 0.25) is 0 Å². The number of hydrogen-bond donors (Lipinski definition) is 2. The maximum absolute atomic E-state index is 13.9. The zero-order valence-corrected chi connectivity index (χ0v) is 19.0. The lowest BCUT2D eigenvalue weighted by atomic mass is 10.3. The number of amides is 2. The first-order valence-electron chi connectivity index (χ1n) is 9.29. The summed E-state index contributed by atoms with van der Waals surface area (Å²) in [5, 5.41) is 9.52. The Morgan fingerprint density at radius 1 is 1.25 bits per heavy atom. The molecule has 166 valence electrons. The molecular formula is C20H16F2N4O3S3. The Morgan fingerprint density at radius 3 is 2.81 bits per heavy atom. The molecule has 7 nitrogen and oxygen atoms in total. The lowest BCUT2D eigenvalue weighted by Crippen LogP contribution is -2.45. The SMILES string of the molecule is Cc1ccc(C(=O)NC(CSCc2nc3c(F)cc(F)cc3s2)C(=O)Nc2cnoc2)s1. The van der Waals surface area contributed by atoms with Crippen molar-refractivity contribution in [2.24, 2.45) is 0 Å². The number of aryl methyl sites for hydroxylation is 1. The number of hydrogen-bond acceptors (Lipinski definition) is 8. The van der Waals surface area contributed by atoms with Crippen LogP contribution in [0.1, 0.15) is 19.6 Å². The summed E-state index contributed by atoms with van der Waals surface area (Å²) in [4.78, 5) is 31.0. The average Bonchev–Trinajstić information content (AvgIpc) is 3.48. The van der Waals surface area contributed by atoms with E-state index in [1.54, 1.807) is 6.07 Å². The van der Waals surface area contributed by atoms with Crippen molar-refractivity contribution in [3.05, 3.63) is 63.1 Å². The van der Waals surface area contributed by atoms with Gasteiger partial charge in [0.25, 0.3) is 5.91 Å². The van der Waals surface area contributed by atoms with E-state index in [2.05, 4.69) is 20.8 Å².